The molecule has 0 radical (unpaired) electrons. The minimum absolute atomic E-state index is 0.0149. The Hall–Kier alpha value is -2.98. The molecular formula is C20H12Cl2F4N6. The van der Waals surface area contributed by atoms with Gasteiger partial charge in [0.15, 0.2) is 5.82 Å². The van der Waals surface area contributed by atoms with Gasteiger partial charge in [-0.2, -0.15) is 13.2 Å². The number of alkyl halides is 3. The fourth-order valence-corrected chi connectivity index (χ4v) is 4.24. The van der Waals surface area contributed by atoms with Crippen LogP contribution < -0.4 is 4.90 Å². The Morgan fingerprint density at radius 3 is 2.53 bits per heavy atom. The highest BCUT2D eigenvalue weighted by Crippen LogP contribution is 2.41. The number of rotatable bonds is 2. The molecule has 1 unspecified atom stereocenters. The van der Waals surface area contributed by atoms with E-state index in [0.29, 0.717) is 34.1 Å². The lowest BCUT2D eigenvalue weighted by Crippen LogP contribution is -2.37. The molecular weight excluding hydrogens is 471 g/mol. The summed E-state index contributed by atoms with van der Waals surface area (Å²) < 4.78 is 54.6. The van der Waals surface area contributed by atoms with Gasteiger partial charge in [0, 0.05) is 47.3 Å². The van der Waals surface area contributed by atoms with Gasteiger partial charge in [0.1, 0.15) is 11.7 Å². The second-order valence-corrected chi connectivity index (χ2v) is 7.92. The number of fused-ring (bicyclic) bond motifs is 3. The first-order valence-corrected chi connectivity index (χ1v) is 10.1. The molecule has 12 heteroatoms. The van der Waals surface area contributed by atoms with Crippen LogP contribution in [0.1, 0.15) is 28.6 Å². The van der Waals surface area contributed by atoms with Crippen molar-refractivity contribution in [1.82, 2.24) is 24.9 Å². The van der Waals surface area contributed by atoms with Crippen LogP contribution in [-0.2, 0) is 12.6 Å². The summed E-state index contributed by atoms with van der Waals surface area (Å²) in [6.07, 6.45) is -0.314. The molecule has 6 nitrogen and oxygen atoms in total. The first kappa shape index (κ1) is 20.9. The Balaban J connectivity index is 1.71. The number of benzene rings is 1. The normalized spacial score (nSPS) is 16.4. The predicted molar refractivity (Wildman–Crippen MR) is 110 cm³/mol. The summed E-state index contributed by atoms with van der Waals surface area (Å²) in [6.45, 7) is 0.223. The van der Waals surface area contributed by atoms with Gasteiger partial charge in [-0.1, -0.05) is 11.6 Å². The van der Waals surface area contributed by atoms with Crippen LogP contribution >= 0.6 is 23.2 Å². The number of H-pyrrole nitrogens is 1. The van der Waals surface area contributed by atoms with E-state index in [0.717, 1.165) is 12.3 Å². The molecule has 1 N–H and O–H groups in total. The van der Waals surface area contributed by atoms with Gasteiger partial charge in [0.25, 0.3) is 0 Å². The summed E-state index contributed by atoms with van der Waals surface area (Å²) >= 11 is 11.8. The zero-order valence-corrected chi connectivity index (χ0v) is 17.5. The first-order chi connectivity index (χ1) is 15.2. The van der Waals surface area contributed by atoms with E-state index >= 15 is 0 Å². The number of aromatic nitrogens is 5. The highest BCUT2D eigenvalue weighted by Gasteiger charge is 2.37. The maximum absolute atomic E-state index is 14.8. The van der Waals surface area contributed by atoms with Crippen molar-refractivity contribution in [2.24, 2.45) is 0 Å². The lowest BCUT2D eigenvalue weighted by atomic mass is 9.94. The number of nitrogens with zero attached hydrogens (tertiary/aromatic N) is 5. The fourth-order valence-electron chi connectivity index (χ4n) is 3.99. The largest absolute Gasteiger partial charge is 0.433 e. The van der Waals surface area contributed by atoms with E-state index in [1.165, 1.54) is 18.5 Å². The zero-order chi connectivity index (χ0) is 22.6. The lowest BCUT2D eigenvalue weighted by Gasteiger charge is -2.36. The van der Waals surface area contributed by atoms with Crippen molar-refractivity contribution in [2.45, 2.75) is 18.6 Å². The molecule has 3 aromatic heterocycles. The molecule has 0 spiro atoms. The fraction of sp³-hybridized carbons (Fsp3) is 0.200. The van der Waals surface area contributed by atoms with Crippen LogP contribution in [0.2, 0.25) is 10.3 Å². The van der Waals surface area contributed by atoms with Crippen molar-refractivity contribution in [3.8, 4) is 0 Å². The molecule has 5 rings (SSSR count). The van der Waals surface area contributed by atoms with Crippen molar-refractivity contribution in [3.05, 3.63) is 75.4 Å². The molecule has 1 aliphatic rings. The quantitative estimate of drug-likeness (QED) is 0.307. The number of aromatic amines is 1. The summed E-state index contributed by atoms with van der Waals surface area (Å²) in [5.74, 6) is -0.681. The van der Waals surface area contributed by atoms with Crippen molar-refractivity contribution in [2.75, 3.05) is 11.4 Å². The Kier molecular flexibility index (Phi) is 4.94. The summed E-state index contributed by atoms with van der Waals surface area (Å²) in [5, 5.41) is 0.340. The minimum atomic E-state index is -4.63. The Bertz CT molecular complexity index is 1320. The lowest BCUT2D eigenvalue weighted by molar-refractivity contribution is -0.141. The number of hydrogen-bond donors (Lipinski definition) is 1. The monoisotopic (exact) mass is 482 g/mol. The molecule has 1 aromatic carbocycles. The number of anilines is 1. The maximum Gasteiger partial charge on any atom is 0.433 e. The zero-order valence-electron chi connectivity index (χ0n) is 16.0. The molecule has 4 aromatic rings. The van der Waals surface area contributed by atoms with Crippen LogP contribution in [0.4, 0.5) is 23.5 Å². The molecule has 32 heavy (non-hydrogen) atoms. The van der Waals surface area contributed by atoms with Crippen molar-refractivity contribution < 1.29 is 17.6 Å². The van der Waals surface area contributed by atoms with E-state index < -0.39 is 23.7 Å². The Labute approximate surface area is 188 Å². The second kappa shape index (κ2) is 7.56. The second-order valence-electron chi connectivity index (χ2n) is 7.17. The van der Waals surface area contributed by atoms with Crippen LogP contribution in [0.25, 0.3) is 10.9 Å². The first-order valence-electron chi connectivity index (χ1n) is 9.37. The van der Waals surface area contributed by atoms with Crippen molar-refractivity contribution in [3.63, 3.8) is 0 Å². The van der Waals surface area contributed by atoms with Crippen LogP contribution in [0.15, 0.2) is 36.8 Å². The maximum atomic E-state index is 14.8. The molecule has 164 valence electrons. The van der Waals surface area contributed by atoms with E-state index in [2.05, 4.69) is 24.9 Å². The van der Waals surface area contributed by atoms with Gasteiger partial charge in [-0.25, -0.2) is 24.3 Å². The molecule has 1 atom stereocenters. The van der Waals surface area contributed by atoms with Gasteiger partial charge in [-0.05, 0) is 41.8 Å². The van der Waals surface area contributed by atoms with Crippen LogP contribution in [0.3, 0.4) is 0 Å². The van der Waals surface area contributed by atoms with E-state index in [1.54, 1.807) is 11.0 Å². The summed E-state index contributed by atoms with van der Waals surface area (Å²) in [7, 11) is 0. The van der Waals surface area contributed by atoms with E-state index in [4.69, 9.17) is 23.2 Å². The average molecular weight is 483 g/mol. The van der Waals surface area contributed by atoms with Gasteiger partial charge in [0.2, 0.25) is 11.2 Å². The molecule has 4 heterocycles. The van der Waals surface area contributed by atoms with Crippen molar-refractivity contribution >= 4 is 40.1 Å². The molecule has 0 amide bonds. The van der Waals surface area contributed by atoms with Gasteiger partial charge in [-0.15, -0.1) is 0 Å². The van der Waals surface area contributed by atoms with Crippen molar-refractivity contribution in [1.29, 1.82) is 0 Å². The van der Waals surface area contributed by atoms with Crippen LogP contribution in [-0.4, -0.2) is 31.5 Å². The standard InChI is InChI=1S/C20H12Cl2F4N6/c21-11-1-2-12-14(15(11)23)10-4-6-32(19-27-5-3-13(31-19)20(24,25)26)17(16(10)30-12)9-7-28-18(22)29-8-9/h1-3,5,7-8,17,30H,4,6H2. The third-order valence-corrected chi connectivity index (χ3v) is 5.81. The van der Waals surface area contributed by atoms with Gasteiger partial charge < -0.3 is 9.88 Å². The summed E-state index contributed by atoms with van der Waals surface area (Å²) in [4.78, 5) is 20.6. The van der Waals surface area contributed by atoms with E-state index in [9.17, 15) is 17.6 Å². The van der Waals surface area contributed by atoms with E-state index in [-0.39, 0.29) is 22.8 Å². The molecule has 1 aliphatic heterocycles. The average Bonchev–Trinajstić information content (AvgIpc) is 3.15. The van der Waals surface area contributed by atoms with Crippen LogP contribution in [0.5, 0.6) is 0 Å². The SMILES string of the molecule is Fc1c(Cl)ccc2[nH]c3c(c12)CCN(c1nccc(C(F)(F)F)n1)C3c1cnc(Cl)nc1. The Morgan fingerprint density at radius 1 is 1.06 bits per heavy atom. The summed E-state index contributed by atoms with van der Waals surface area (Å²) in [5.41, 5.74) is 1.22. The predicted octanol–water partition coefficient (Wildman–Crippen LogP) is 5.36. The van der Waals surface area contributed by atoms with Crippen LogP contribution in [0, 0.1) is 5.82 Å². The molecule has 0 saturated carbocycles. The van der Waals surface area contributed by atoms with Gasteiger partial charge in [-0.3, -0.25) is 0 Å². The van der Waals surface area contributed by atoms with Gasteiger partial charge in [0.05, 0.1) is 5.02 Å². The Morgan fingerprint density at radius 2 is 1.81 bits per heavy atom. The number of halogens is 6. The molecule has 0 saturated heterocycles. The highest BCUT2D eigenvalue weighted by molar-refractivity contribution is 6.31. The third kappa shape index (κ3) is 3.43. The molecule has 0 aliphatic carbocycles. The number of nitrogens with one attached hydrogen (secondary N) is 1. The van der Waals surface area contributed by atoms with Gasteiger partial charge >= 0.3 is 6.18 Å². The number of hydrogen-bond acceptors (Lipinski definition) is 5. The highest BCUT2D eigenvalue weighted by atomic mass is 35.5. The summed E-state index contributed by atoms with van der Waals surface area (Å²) in [6, 6.07) is 3.19. The smallest absolute Gasteiger partial charge is 0.356 e. The van der Waals surface area contributed by atoms with E-state index in [1.807, 2.05) is 0 Å². The minimum Gasteiger partial charge on any atom is -0.356 e. The topological polar surface area (TPSA) is 70.6 Å². The molecule has 0 fully saturated rings. The molecule has 0 bridgehead atoms. The third-order valence-electron chi connectivity index (χ3n) is 5.33.